The molecule has 0 aliphatic carbocycles. The predicted octanol–water partition coefficient (Wildman–Crippen LogP) is 1.44. The van der Waals surface area contributed by atoms with Gasteiger partial charge in [0.25, 0.3) is 0 Å². The van der Waals surface area contributed by atoms with Gasteiger partial charge in [-0.2, -0.15) is 0 Å². The number of esters is 1. The van der Waals surface area contributed by atoms with Crippen LogP contribution in [0.25, 0.3) is 0 Å². The lowest BCUT2D eigenvalue weighted by Crippen LogP contribution is -2.37. The van der Waals surface area contributed by atoms with E-state index in [1.54, 1.807) is 0 Å². The van der Waals surface area contributed by atoms with E-state index < -0.39 is 18.2 Å². The first kappa shape index (κ1) is 12.6. The van der Waals surface area contributed by atoms with Crippen LogP contribution < -0.4 is 0 Å². The molecule has 0 saturated carbocycles. The van der Waals surface area contributed by atoms with Crippen LogP contribution in [0.15, 0.2) is 42.2 Å². The van der Waals surface area contributed by atoms with Gasteiger partial charge in [0.1, 0.15) is 18.0 Å². The van der Waals surface area contributed by atoms with Crippen molar-refractivity contribution in [3.05, 3.63) is 47.7 Å². The van der Waals surface area contributed by atoms with E-state index >= 15 is 0 Å². The molecule has 0 unspecified atom stereocenters. The van der Waals surface area contributed by atoms with Gasteiger partial charge in [-0.3, -0.25) is 0 Å². The van der Waals surface area contributed by atoms with E-state index in [9.17, 15) is 9.90 Å². The molecule has 1 aliphatic rings. The number of aliphatic hydroxyl groups is 1. The first-order chi connectivity index (χ1) is 8.70. The highest BCUT2D eigenvalue weighted by Gasteiger charge is 2.31. The van der Waals surface area contributed by atoms with Gasteiger partial charge < -0.3 is 14.6 Å². The topological polar surface area (TPSA) is 55.8 Å². The molecule has 1 heterocycles. The fourth-order valence-corrected chi connectivity index (χ4v) is 1.98. The number of hydrogen-bond acceptors (Lipinski definition) is 4. The molecule has 2 rings (SSSR count). The highest BCUT2D eigenvalue weighted by atomic mass is 16.6. The lowest BCUT2D eigenvalue weighted by molar-refractivity contribution is -0.153. The molecule has 0 fully saturated rings. The molecule has 4 nitrogen and oxygen atoms in total. The Balaban J connectivity index is 1.98. The standard InChI is InChI=1S/C14H16O4/c1-17-12-9-13(15)18-11(14(12)16)8-7-10-5-3-2-4-6-10/h2-6,9,11,14,16H,7-8H2,1H3/t11-,14+/m1/s1. The van der Waals surface area contributed by atoms with E-state index in [0.717, 1.165) is 12.0 Å². The second-order valence-corrected chi connectivity index (χ2v) is 4.20. The number of aliphatic hydroxyl groups excluding tert-OH is 1. The van der Waals surface area contributed by atoms with Crippen molar-refractivity contribution in [1.82, 2.24) is 0 Å². The zero-order valence-corrected chi connectivity index (χ0v) is 10.2. The molecule has 0 bridgehead atoms. The van der Waals surface area contributed by atoms with Gasteiger partial charge in [0.15, 0.2) is 0 Å². The van der Waals surface area contributed by atoms with Gasteiger partial charge in [0, 0.05) is 0 Å². The molecule has 4 heteroatoms. The van der Waals surface area contributed by atoms with E-state index in [2.05, 4.69) is 0 Å². The maximum Gasteiger partial charge on any atom is 0.334 e. The van der Waals surface area contributed by atoms with Crippen LogP contribution in [0.5, 0.6) is 0 Å². The number of carbonyl (C=O) groups is 1. The zero-order chi connectivity index (χ0) is 13.0. The Morgan fingerprint density at radius 2 is 2.06 bits per heavy atom. The smallest absolute Gasteiger partial charge is 0.334 e. The van der Waals surface area contributed by atoms with Crippen molar-refractivity contribution in [1.29, 1.82) is 0 Å². The SMILES string of the molecule is COC1=CC(=O)O[C@H](CCc2ccccc2)[C@@H]1O. The van der Waals surface area contributed by atoms with Crippen LogP contribution in [0, 0.1) is 0 Å². The third kappa shape index (κ3) is 2.90. The van der Waals surface area contributed by atoms with Gasteiger partial charge in [-0.1, -0.05) is 30.3 Å². The van der Waals surface area contributed by atoms with Crippen molar-refractivity contribution >= 4 is 5.97 Å². The van der Waals surface area contributed by atoms with Gasteiger partial charge >= 0.3 is 5.97 Å². The van der Waals surface area contributed by atoms with Crippen molar-refractivity contribution in [2.24, 2.45) is 0 Å². The lowest BCUT2D eigenvalue weighted by atomic mass is 10.0. The first-order valence-electron chi connectivity index (χ1n) is 5.89. The lowest BCUT2D eigenvalue weighted by Gasteiger charge is -2.27. The number of aryl methyl sites for hydroxylation is 1. The molecule has 96 valence electrons. The molecule has 1 aliphatic heterocycles. The van der Waals surface area contributed by atoms with Crippen LogP contribution in [-0.2, 0) is 20.7 Å². The third-order valence-corrected chi connectivity index (χ3v) is 2.97. The van der Waals surface area contributed by atoms with E-state index in [-0.39, 0.29) is 5.76 Å². The molecule has 0 amide bonds. The molecule has 1 N–H and O–H groups in total. The molecule has 0 spiro atoms. The summed E-state index contributed by atoms with van der Waals surface area (Å²) < 4.78 is 10.1. The molecule has 2 atom stereocenters. The van der Waals surface area contributed by atoms with Crippen LogP contribution >= 0.6 is 0 Å². The summed E-state index contributed by atoms with van der Waals surface area (Å²) in [4.78, 5) is 11.3. The Bertz CT molecular complexity index is 438. The van der Waals surface area contributed by atoms with Crippen LogP contribution in [0.1, 0.15) is 12.0 Å². The first-order valence-corrected chi connectivity index (χ1v) is 5.89. The number of cyclic esters (lactones) is 1. The molecule has 0 saturated heterocycles. The second-order valence-electron chi connectivity index (χ2n) is 4.20. The summed E-state index contributed by atoms with van der Waals surface area (Å²) in [5.41, 5.74) is 1.15. The number of rotatable bonds is 4. The Morgan fingerprint density at radius 1 is 1.33 bits per heavy atom. The number of benzene rings is 1. The summed E-state index contributed by atoms with van der Waals surface area (Å²) in [6, 6.07) is 9.87. The zero-order valence-electron chi connectivity index (χ0n) is 10.2. The van der Waals surface area contributed by atoms with Crippen LogP contribution in [0.2, 0.25) is 0 Å². The van der Waals surface area contributed by atoms with E-state index in [0.29, 0.717) is 6.42 Å². The van der Waals surface area contributed by atoms with Gasteiger partial charge in [-0.05, 0) is 18.4 Å². The van der Waals surface area contributed by atoms with E-state index in [1.807, 2.05) is 30.3 Å². The quantitative estimate of drug-likeness (QED) is 0.819. The minimum Gasteiger partial charge on any atom is -0.498 e. The largest absolute Gasteiger partial charge is 0.498 e. The minimum atomic E-state index is -0.878. The molecule has 0 radical (unpaired) electrons. The highest BCUT2D eigenvalue weighted by molar-refractivity contribution is 5.83. The van der Waals surface area contributed by atoms with Gasteiger partial charge in [0.2, 0.25) is 0 Å². The summed E-state index contributed by atoms with van der Waals surface area (Å²) in [6.45, 7) is 0. The average Bonchev–Trinajstić information content (AvgIpc) is 2.40. The van der Waals surface area contributed by atoms with Crippen LogP contribution in [0.4, 0.5) is 0 Å². The number of ether oxygens (including phenoxy) is 2. The second kappa shape index (κ2) is 5.69. The fraction of sp³-hybridized carbons (Fsp3) is 0.357. The van der Waals surface area contributed by atoms with Crippen molar-refractivity contribution in [3.8, 4) is 0 Å². The summed E-state index contributed by atoms with van der Waals surface area (Å²) in [7, 11) is 1.43. The summed E-state index contributed by atoms with van der Waals surface area (Å²) in [6.07, 6.45) is 1.07. The maximum absolute atomic E-state index is 11.3. The number of hydrogen-bond donors (Lipinski definition) is 1. The Hall–Kier alpha value is -1.81. The Kier molecular flexibility index (Phi) is 3.99. The summed E-state index contributed by atoms with van der Waals surface area (Å²) >= 11 is 0. The van der Waals surface area contributed by atoms with Gasteiger partial charge in [0.05, 0.1) is 13.2 Å². The number of methoxy groups -OCH3 is 1. The Labute approximate surface area is 106 Å². The molecular weight excluding hydrogens is 232 g/mol. The monoisotopic (exact) mass is 248 g/mol. The van der Waals surface area contributed by atoms with Crippen molar-refractivity contribution in [2.75, 3.05) is 7.11 Å². The van der Waals surface area contributed by atoms with Crippen molar-refractivity contribution in [2.45, 2.75) is 25.0 Å². The van der Waals surface area contributed by atoms with Crippen LogP contribution in [0.3, 0.4) is 0 Å². The average molecular weight is 248 g/mol. The molecule has 18 heavy (non-hydrogen) atoms. The highest BCUT2D eigenvalue weighted by Crippen LogP contribution is 2.21. The Morgan fingerprint density at radius 3 is 2.72 bits per heavy atom. The predicted molar refractivity (Wildman–Crippen MR) is 65.7 cm³/mol. The van der Waals surface area contributed by atoms with Crippen molar-refractivity contribution in [3.63, 3.8) is 0 Å². The maximum atomic E-state index is 11.3. The van der Waals surface area contributed by atoms with Gasteiger partial charge in [-0.25, -0.2) is 4.79 Å². The molecule has 0 aromatic heterocycles. The summed E-state index contributed by atoms with van der Waals surface area (Å²) in [5.74, 6) is -0.195. The van der Waals surface area contributed by atoms with Crippen molar-refractivity contribution < 1.29 is 19.4 Å². The molecule has 1 aromatic rings. The molecular formula is C14H16O4. The minimum absolute atomic E-state index is 0.268. The van der Waals surface area contributed by atoms with Crippen LogP contribution in [-0.4, -0.2) is 30.4 Å². The normalized spacial score (nSPS) is 23.2. The fourth-order valence-electron chi connectivity index (χ4n) is 1.98. The van der Waals surface area contributed by atoms with E-state index in [4.69, 9.17) is 9.47 Å². The molecule has 1 aromatic carbocycles. The third-order valence-electron chi connectivity index (χ3n) is 2.97. The number of carbonyl (C=O) groups excluding carboxylic acids is 1. The summed E-state index contributed by atoms with van der Waals surface area (Å²) in [5, 5.41) is 9.95. The van der Waals surface area contributed by atoms with Gasteiger partial charge in [-0.15, -0.1) is 0 Å². The van der Waals surface area contributed by atoms with E-state index in [1.165, 1.54) is 13.2 Å².